The van der Waals surface area contributed by atoms with E-state index in [0.717, 1.165) is 30.0 Å². The molecule has 0 radical (unpaired) electrons. The fourth-order valence-corrected chi connectivity index (χ4v) is 3.67. The normalized spacial score (nSPS) is 22.6. The molecule has 0 aromatic carbocycles. The van der Waals surface area contributed by atoms with Gasteiger partial charge in [-0.25, -0.2) is 4.98 Å². The van der Waals surface area contributed by atoms with E-state index in [-0.39, 0.29) is 24.0 Å². The van der Waals surface area contributed by atoms with E-state index < -0.39 is 0 Å². The number of aromatic nitrogens is 1. The maximum atomic E-state index is 5.60. The van der Waals surface area contributed by atoms with Crippen molar-refractivity contribution in [3.63, 3.8) is 0 Å². The number of aryl methyl sites for hydroxylation is 2. The SMILES string of the molecule is CN=C(NCc1nc(C)c(C)o1)NC1CCN(C2CCCC2)C1.I. The molecular weight excluding hydrogens is 417 g/mol. The van der Waals surface area contributed by atoms with Gasteiger partial charge < -0.3 is 15.1 Å². The van der Waals surface area contributed by atoms with Gasteiger partial charge in [-0.1, -0.05) is 12.8 Å². The van der Waals surface area contributed by atoms with Crippen LogP contribution in [0.25, 0.3) is 0 Å². The average Bonchev–Trinajstić information content (AvgIpc) is 3.26. The standard InChI is InChI=1S/C17H29N5O.HI/c1-12-13(2)23-16(20-12)10-19-17(18-3)21-14-8-9-22(11-14)15-6-4-5-7-15;/h14-15H,4-11H2,1-3H3,(H2,18,19,21);1H. The summed E-state index contributed by atoms with van der Waals surface area (Å²) in [5.74, 6) is 2.42. The van der Waals surface area contributed by atoms with Crippen molar-refractivity contribution in [2.75, 3.05) is 20.1 Å². The number of nitrogens with one attached hydrogen (secondary N) is 2. The Balaban J connectivity index is 0.00000208. The zero-order chi connectivity index (χ0) is 16.2. The highest BCUT2D eigenvalue weighted by atomic mass is 127. The summed E-state index contributed by atoms with van der Waals surface area (Å²) in [6.45, 7) is 6.80. The first-order chi connectivity index (χ1) is 11.2. The summed E-state index contributed by atoms with van der Waals surface area (Å²) in [5, 5.41) is 6.84. The van der Waals surface area contributed by atoms with Gasteiger partial charge in [0.25, 0.3) is 0 Å². The van der Waals surface area contributed by atoms with Gasteiger partial charge >= 0.3 is 0 Å². The largest absolute Gasteiger partial charge is 0.444 e. The van der Waals surface area contributed by atoms with Gasteiger partial charge in [0.15, 0.2) is 5.96 Å². The summed E-state index contributed by atoms with van der Waals surface area (Å²) in [7, 11) is 1.81. The predicted octanol–water partition coefficient (Wildman–Crippen LogP) is 2.59. The minimum absolute atomic E-state index is 0. The number of nitrogens with zero attached hydrogens (tertiary/aromatic N) is 3. The average molecular weight is 447 g/mol. The molecule has 6 nitrogen and oxygen atoms in total. The van der Waals surface area contributed by atoms with Crippen LogP contribution >= 0.6 is 24.0 Å². The molecule has 0 amide bonds. The summed E-state index contributed by atoms with van der Waals surface area (Å²) in [4.78, 5) is 11.4. The third-order valence-corrected chi connectivity index (χ3v) is 5.11. The molecule has 2 N–H and O–H groups in total. The number of guanidine groups is 1. The van der Waals surface area contributed by atoms with Gasteiger partial charge in [-0.2, -0.15) is 0 Å². The summed E-state index contributed by atoms with van der Waals surface area (Å²) in [6.07, 6.45) is 6.74. The van der Waals surface area contributed by atoms with Gasteiger partial charge in [0.05, 0.1) is 12.2 Å². The second-order valence-corrected chi connectivity index (χ2v) is 6.74. The minimum Gasteiger partial charge on any atom is -0.444 e. The molecular formula is C17H30IN5O. The van der Waals surface area contributed by atoms with E-state index in [1.807, 2.05) is 20.9 Å². The van der Waals surface area contributed by atoms with Crippen molar-refractivity contribution < 1.29 is 4.42 Å². The smallest absolute Gasteiger partial charge is 0.214 e. The van der Waals surface area contributed by atoms with E-state index in [0.29, 0.717) is 18.5 Å². The van der Waals surface area contributed by atoms with Crippen molar-refractivity contribution in [1.82, 2.24) is 20.5 Å². The molecule has 1 aliphatic carbocycles. The number of halogens is 1. The Hall–Kier alpha value is -0.830. The predicted molar refractivity (Wildman–Crippen MR) is 107 cm³/mol. The van der Waals surface area contributed by atoms with Crippen LogP contribution in [0.3, 0.4) is 0 Å². The van der Waals surface area contributed by atoms with Crippen molar-refractivity contribution in [3.8, 4) is 0 Å². The molecule has 1 atom stereocenters. The van der Waals surface area contributed by atoms with Crippen LogP contribution in [-0.2, 0) is 6.54 Å². The second-order valence-electron chi connectivity index (χ2n) is 6.74. The highest BCUT2D eigenvalue weighted by molar-refractivity contribution is 14.0. The fourth-order valence-electron chi connectivity index (χ4n) is 3.67. The van der Waals surface area contributed by atoms with Gasteiger partial charge in [0.1, 0.15) is 5.76 Å². The van der Waals surface area contributed by atoms with E-state index in [1.54, 1.807) is 0 Å². The third kappa shape index (κ3) is 4.84. The van der Waals surface area contributed by atoms with Crippen LogP contribution in [-0.4, -0.2) is 48.1 Å². The number of likely N-dealkylation sites (tertiary alicyclic amines) is 1. The summed E-state index contributed by atoms with van der Waals surface area (Å²) in [5.41, 5.74) is 0.952. The van der Waals surface area contributed by atoms with Crippen molar-refractivity contribution in [3.05, 3.63) is 17.3 Å². The monoisotopic (exact) mass is 447 g/mol. The molecule has 2 fully saturated rings. The van der Waals surface area contributed by atoms with E-state index in [4.69, 9.17) is 4.42 Å². The number of rotatable bonds is 4. The molecule has 0 spiro atoms. The number of oxazole rings is 1. The zero-order valence-electron chi connectivity index (χ0n) is 15.0. The van der Waals surface area contributed by atoms with Gasteiger partial charge in [-0.3, -0.25) is 9.89 Å². The van der Waals surface area contributed by atoms with Crippen molar-refractivity contribution >= 4 is 29.9 Å². The van der Waals surface area contributed by atoms with Gasteiger partial charge in [0, 0.05) is 32.2 Å². The maximum absolute atomic E-state index is 5.60. The van der Waals surface area contributed by atoms with Crippen molar-refractivity contribution in [1.29, 1.82) is 0 Å². The van der Waals surface area contributed by atoms with E-state index in [9.17, 15) is 0 Å². The molecule has 1 aromatic heterocycles. The Kier molecular flexibility index (Phi) is 7.34. The Labute approximate surface area is 161 Å². The van der Waals surface area contributed by atoms with Gasteiger partial charge in [0.2, 0.25) is 5.89 Å². The first-order valence-corrected chi connectivity index (χ1v) is 8.80. The highest BCUT2D eigenvalue weighted by Crippen LogP contribution is 2.26. The number of hydrogen-bond acceptors (Lipinski definition) is 4. The molecule has 2 heterocycles. The van der Waals surface area contributed by atoms with E-state index in [2.05, 4.69) is 25.5 Å². The molecule has 1 saturated carbocycles. The van der Waals surface area contributed by atoms with E-state index >= 15 is 0 Å². The highest BCUT2D eigenvalue weighted by Gasteiger charge is 2.30. The first kappa shape index (κ1) is 19.5. The van der Waals surface area contributed by atoms with Crippen LogP contribution in [0.4, 0.5) is 0 Å². The van der Waals surface area contributed by atoms with Crippen LogP contribution in [0, 0.1) is 13.8 Å². The van der Waals surface area contributed by atoms with E-state index in [1.165, 1.54) is 38.6 Å². The molecule has 1 saturated heterocycles. The van der Waals surface area contributed by atoms with Gasteiger partial charge in [-0.15, -0.1) is 24.0 Å². The Morgan fingerprint density at radius 2 is 2.04 bits per heavy atom. The quantitative estimate of drug-likeness (QED) is 0.422. The molecule has 1 unspecified atom stereocenters. The number of aliphatic imine (C=N–C) groups is 1. The molecule has 24 heavy (non-hydrogen) atoms. The molecule has 1 aliphatic heterocycles. The van der Waals surface area contributed by atoms with Crippen molar-refractivity contribution in [2.24, 2.45) is 4.99 Å². The summed E-state index contributed by atoms with van der Waals surface area (Å²) < 4.78 is 5.60. The topological polar surface area (TPSA) is 65.7 Å². The Morgan fingerprint density at radius 3 is 2.67 bits per heavy atom. The molecule has 1 aromatic rings. The van der Waals surface area contributed by atoms with Crippen LogP contribution in [0.2, 0.25) is 0 Å². The molecule has 0 bridgehead atoms. The first-order valence-electron chi connectivity index (χ1n) is 8.80. The van der Waals surface area contributed by atoms with Gasteiger partial charge in [-0.05, 0) is 33.1 Å². The van der Waals surface area contributed by atoms with Crippen LogP contribution in [0.15, 0.2) is 9.41 Å². The lowest BCUT2D eigenvalue weighted by Crippen LogP contribution is -2.45. The second kappa shape index (κ2) is 9.03. The zero-order valence-corrected chi connectivity index (χ0v) is 17.3. The lowest BCUT2D eigenvalue weighted by atomic mass is 10.2. The summed E-state index contributed by atoms with van der Waals surface area (Å²) in [6, 6.07) is 1.30. The minimum atomic E-state index is 0. The third-order valence-electron chi connectivity index (χ3n) is 5.11. The van der Waals surface area contributed by atoms with Crippen LogP contribution in [0.1, 0.15) is 49.4 Å². The molecule has 2 aliphatic rings. The van der Waals surface area contributed by atoms with Crippen LogP contribution in [0.5, 0.6) is 0 Å². The lowest BCUT2D eigenvalue weighted by Gasteiger charge is -2.24. The Morgan fingerprint density at radius 1 is 1.29 bits per heavy atom. The summed E-state index contributed by atoms with van der Waals surface area (Å²) >= 11 is 0. The lowest BCUT2D eigenvalue weighted by molar-refractivity contribution is 0.242. The van der Waals surface area contributed by atoms with Crippen LogP contribution < -0.4 is 10.6 Å². The molecule has 7 heteroatoms. The number of hydrogen-bond donors (Lipinski definition) is 2. The molecule has 136 valence electrons. The Bertz CT molecular complexity index is 534. The maximum Gasteiger partial charge on any atom is 0.214 e. The molecule has 3 rings (SSSR count). The fraction of sp³-hybridized carbons (Fsp3) is 0.765. The van der Waals surface area contributed by atoms with Crippen molar-refractivity contribution in [2.45, 2.75) is 64.6 Å².